The van der Waals surface area contributed by atoms with Crippen LogP contribution in [-0.2, 0) is 0 Å². The molecule has 0 radical (unpaired) electrons. The predicted octanol–water partition coefficient (Wildman–Crippen LogP) is 15.2. The van der Waals surface area contributed by atoms with Crippen molar-refractivity contribution in [3.8, 4) is 67.3 Å². The van der Waals surface area contributed by atoms with Crippen LogP contribution in [0.5, 0.6) is 0 Å². The molecule has 3 aromatic heterocycles. The molecule has 262 valence electrons. The summed E-state index contributed by atoms with van der Waals surface area (Å²) in [6, 6.07) is 69.8. The van der Waals surface area contributed by atoms with Gasteiger partial charge >= 0.3 is 0 Å². The zero-order valence-electron chi connectivity index (χ0n) is 30.2. The molecular weight excluding hydrogens is 717 g/mol. The second-order valence-corrected chi connectivity index (χ2v) is 16.4. The Morgan fingerprint density at radius 2 is 0.661 bits per heavy atom. The van der Waals surface area contributed by atoms with Crippen LogP contribution in [0.1, 0.15) is 0 Å². The Bertz CT molecular complexity index is 3100. The zero-order valence-corrected chi connectivity index (χ0v) is 31.8. The number of rotatable bonds is 6. The molecule has 2 nitrogen and oxygen atoms in total. The first-order chi connectivity index (χ1) is 27.7. The number of benzene rings is 8. The Labute approximate surface area is 332 Å². The average Bonchev–Trinajstić information content (AvgIpc) is 3.84. The van der Waals surface area contributed by atoms with E-state index >= 15 is 0 Å². The number of fused-ring (bicyclic) bond motifs is 6. The molecule has 0 N–H and O–H groups in total. The summed E-state index contributed by atoms with van der Waals surface area (Å²) < 4.78 is 5.22. The van der Waals surface area contributed by atoms with Crippen molar-refractivity contribution in [3.63, 3.8) is 0 Å². The molecule has 0 amide bonds. The minimum atomic E-state index is 0.699. The maximum absolute atomic E-state index is 5.33. The van der Waals surface area contributed by atoms with Crippen molar-refractivity contribution in [2.75, 3.05) is 0 Å². The Kier molecular flexibility index (Phi) is 7.90. The summed E-state index contributed by atoms with van der Waals surface area (Å²) in [7, 11) is 0. The normalized spacial score (nSPS) is 11.6. The number of nitrogens with zero attached hydrogens (tertiary/aromatic N) is 2. The van der Waals surface area contributed by atoms with Gasteiger partial charge in [0.15, 0.2) is 5.82 Å². The molecule has 0 saturated carbocycles. The highest BCUT2D eigenvalue weighted by Gasteiger charge is 2.16. The van der Waals surface area contributed by atoms with Crippen molar-refractivity contribution in [3.05, 3.63) is 194 Å². The van der Waals surface area contributed by atoms with E-state index in [0.29, 0.717) is 5.82 Å². The highest BCUT2D eigenvalue weighted by Crippen LogP contribution is 2.41. The zero-order chi connectivity index (χ0) is 37.0. The summed E-state index contributed by atoms with van der Waals surface area (Å²) in [5, 5.41) is 5.17. The van der Waals surface area contributed by atoms with Gasteiger partial charge in [0.2, 0.25) is 0 Å². The van der Waals surface area contributed by atoms with Crippen molar-refractivity contribution >= 4 is 63.0 Å². The van der Waals surface area contributed by atoms with E-state index in [4.69, 9.17) is 9.97 Å². The second kappa shape index (κ2) is 13.5. The van der Waals surface area contributed by atoms with Crippen LogP contribution in [0.15, 0.2) is 194 Å². The van der Waals surface area contributed by atoms with Gasteiger partial charge in [-0.25, -0.2) is 9.97 Å². The van der Waals surface area contributed by atoms with Crippen molar-refractivity contribution in [1.29, 1.82) is 0 Å². The first-order valence-corrected chi connectivity index (χ1v) is 20.4. The first-order valence-electron chi connectivity index (χ1n) is 18.8. The Morgan fingerprint density at radius 1 is 0.250 bits per heavy atom. The van der Waals surface area contributed by atoms with Crippen molar-refractivity contribution < 1.29 is 0 Å². The largest absolute Gasteiger partial charge is 0.228 e. The molecule has 0 aliphatic carbocycles. The van der Waals surface area contributed by atoms with E-state index in [-0.39, 0.29) is 0 Å². The van der Waals surface area contributed by atoms with E-state index in [1.54, 1.807) is 0 Å². The number of thiophene rings is 2. The van der Waals surface area contributed by atoms with Gasteiger partial charge in [-0.2, -0.15) is 0 Å². The molecule has 11 aromatic rings. The molecule has 0 atom stereocenters. The summed E-state index contributed by atoms with van der Waals surface area (Å²) in [5.41, 5.74) is 11.9. The molecule has 3 heterocycles. The van der Waals surface area contributed by atoms with Crippen LogP contribution in [0.25, 0.3) is 108 Å². The number of hydrogen-bond donors (Lipinski definition) is 0. The maximum atomic E-state index is 5.33. The van der Waals surface area contributed by atoms with Crippen LogP contribution in [0, 0.1) is 0 Å². The lowest BCUT2D eigenvalue weighted by molar-refractivity contribution is 1.18. The quantitative estimate of drug-likeness (QED) is 0.169. The monoisotopic (exact) mass is 748 g/mol. The van der Waals surface area contributed by atoms with E-state index in [0.717, 1.165) is 44.8 Å². The van der Waals surface area contributed by atoms with E-state index < -0.39 is 0 Å². The van der Waals surface area contributed by atoms with Crippen LogP contribution in [-0.4, -0.2) is 9.97 Å². The van der Waals surface area contributed by atoms with Gasteiger partial charge in [0.05, 0.1) is 11.4 Å². The fourth-order valence-electron chi connectivity index (χ4n) is 7.84. The van der Waals surface area contributed by atoms with Crippen molar-refractivity contribution in [2.24, 2.45) is 0 Å². The van der Waals surface area contributed by atoms with Gasteiger partial charge in [-0.3, -0.25) is 0 Å². The molecule has 0 fully saturated rings. The highest BCUT2D eigenvalue weighted by molar-refractivity contribution is 7.26. The van der Waals surface area contributed by atoms with Crippen molar-refractivity contribution in [2.45, 2.75) is 0 Å². The molecule has 8 aromatic carbocycles. The maximum Gasteiger partial charge on any atom is 0.160 e. The van der Waals surface area contributed by atoms with Gasteiger partial charge in [0, 0.05) is 57.0 Å². The molecule has 0 aliphatic heterocycles. The minimum Gasteiger partial charge on any atom is -0.228 e. The lowest BCUT2D eigenvalue weighted by atomic mass is 9.93. The number of aromatic nitrogens is 2. The van der Waals surface area contributed by atoms with Gasteiger partial charge in [0.1, 0.15) is 0 Å². The Morgan fingerprint density at radius 3 is 1.23 bits per heavy atom. The third kappa shape index (κ3) is 5.88. The van der Waals surface area contributed by atoms with E-state index in [1.807, 2.05) is 34.8 Å². The molecule has 0 unspecified atom stereocenters. The van der Waals surface area contributed by atoms with Crippen LogP contribution in [0.2, 0.25) is 0 Å². The third-order valence-corrected chi connectivity index (χ3v) is 13.0. The van der Waals surface area contributed by atoms with E-state index in [9.17, 15) is 0 Å². The lowest BCUT2D eigenvalue weighted by Gasteiger charge is -2.14. The lowest BCUT2D eigenvalue weighted by Crippen LogP contribution is -1.96. The second-order valence-electron chi connectivity index (χ2n) is 14.2. The minimum absolute atomic E-state index is 0.699. The molecule has 4 heteroatoms. The first kappa shape index (κ1) is 32.7. The SMILES string of the molecule is c1ccc(-c2ccc(-c3nc(-c4ccccc4)cc(-c4cc(-c5ccc6sc7ccccc7c6c5)cc(-c5ccc6sc7ccccc7c6c5)c4)n3)cc2)cc1. The summed E-state index contributed by atoms with van der Waals surface area (Å²) in [6.45, 7) is 0. The van der Waals surface area contributed by atoms with Crippen LogP contribution in [0.3, 0.4) is 0 Å². The van der Waals surface area contributed by atoms with Gasteiger partial charge in [0.25, 0.3) is 0 Å². The summed E-state index contributed by atoms with van der Waals surface area (Å²) >= 11 is 3.70. The van der Waals surface area contributed by atoms with E-state index in [2.05, 4.69) is 182 Å². The highest BCUT2D eigenvalue weighted by atomic mass is 32.1. The fourth-order valence-corrected chi connectivity index (χ4v) is 10.0. The molecule has 56 heavy (non-hydrogen) atoms. The smallest absolute Gasteiger partial charge is 0.160 e. The van der Waals surface area contributed by atoms with Gasteiger partial charge in [-0.1, -0.05) is 133 Å². The van der Waals surface area contributed by atoms with Crippen LogP contribution in [0.4, 0.5) is 0 Å². The Balaban J connectivity index is 1.11. The van der Waals surface area contributed by atoms with Gasteiger partial charge < -0.3 is 0 Å². The molecular formula is C52H32N2S2. The summed E-state index contributed by atoms with van der Waals surface area (Å²) in [4.78, 5) is 10.5. The molecule has 11 rings (SSSR count). The Hall–Kier alpha value is -6.72. The molecule has 0 bridgehead atoms. The van der Waals surface area contributed by atoms with Crippen LogP contribution >= 0.6 is 22.7 Å². The molecule has 0 spiro atoms. The topological polar surface area (TPSA) is 25.8 Å². The van der Waals surface area contributed by atoms with E-state index in [1.165, 1.54) is 57.0 Å². The predicted molar refractivity (Wildman–Crippen MR) is 240 cm³/mol. The van der Waals surface area contributed by atoms with Crippen LogP contribution < -0.4 is 0 Å². The standard InChI is InChI=1S/C52H32N2S2/c1-3-11-33(12-4-1)34-19-21-36(22-20-34)52-53-46(35-13-5-2-6-14-35)32-47(54-52)41-28-39(37-23-25-50-44(30-37)42-15-7-9-17-48(42)55-50)27-40(29-41)38-24-26-51-45(31-38)43-16-8-10-18-49(43)56-51/h1-32H. The summed E-state index contributed by atoms with van der Waals surface area (Å²) in [6.07, 6.45) is 0. The van der Waals surface area contributed by atoms with Gasteiger partial charge in [-0.15, -0.1) is 22.7 Å². The fraction of sp³-hybridized carbons (Fsp3) is 0. The van der Waals surface area contributed by atoms with Gasteiger partial charge in [-0.05, 0) is 94.0 Å². The number of hydrogen-bond acceptors (Lipinski definition) is 4. The average molecular weight is 749 g/mol. The molecule has 0 saturated heterocycles. The van der Waals surface area contributed by atoms with Crippen molar-refractivity contribution in [1.82, 2.24) is 9.97 Å². The molecule has 0 aliphatic rings. The summed E-state index contributed by atoms with van der Waals surface area (Å²) in [5.74, 6) is 0.699. The third-order valence-electron chi connectivity index (χ3n) is 10.7.